The van der Waals surface area contributed by atoms with Crippen LogP contribution >= 0.6 is 0 Å². The lowest BCUT2D eigenvalue weighted by Crippen LogP contribution is -2.32. The fraction of sp³-hybridized carbons (Fsp3) is 0.111. The number of benzene rings is 1. The quantitative estimate of drug-likeness (QED) is 0.594. The highest BCUT2D eigenvalue weighted by molar-refractivity contribution is 5.89. The predicted octanol–water partition coefficient (Wildman–Crippen LogP) is 2.80. The Morgan fingerprint density at radius 2 is 1.88 bits per heavy atom. The van der Waals surface area contributed by atoms with Crippen LogP contribution < -0.4 is 10.6 Å². The first kappa shape index (κ1) is 15.8. The molecule has 3 aromatic heterocycles. The average Bonchev–Trinajstić information content (AvgIpc) is 3.29. The molecule has 0 saturated heterocycles. The zero-order valence-corrected chi connectivity index (χ0v) is 14.1. The third-order valence-electron chi connectivity index (χ3n) is 3.94. The SMILES string of the molecule is C[C@@H](NC(=O)Nc1cnn(-c2ccccc2)c1)c1nnc2ccccn12. The zero-order valence-electron chi connectivity index (χ0n) is 14.1. The summed E-state index contributed by atoms with van der Waals surface area (Å²) in [4.78, 5) is 12.3. The van der Waals surface area contributed by atoms with Gasteiger partial charge in [0, 0.05) is 6.20 Å². The second-order valence-electron chi connectivity index (χ2n) is 5.82. The minimum Gasteiger partial charge on any atom is -0.328 e. The van der Waals surface area contributed by atoms with Gasteiger partial charge in [-0.25, -0.2) is 9.48 Å². The number of rotatable bonds is 4. The van der Waals surface area contributed by atoms with Crippen molar-refractivity contribution in [2.45, 2.75) is 13.0 Å². The molecule has 0 bridgehead atoms. The Bertz CT molecular complexity index is 1040. The summed E-state index contributed by atoms with van der Waals surface area (Å²) < 4.78 is 3.55. The van der Waals surface area contributed by atoms with Gasteiger partial charge in [-0.2, -0.15) is 5.10 Å². The number of carbonyl (C=O) groups is 1. The maximum atomic E-state index is 12.3. The van der Waals surface area contributed by atoms with Crippen molar-refractivity contribution >= 4 is 17.4 Å². The fourth-order valence-corrected chi connectivity index (χ4v) is 2.69. The summed E-state index contributed by atoms with van der Waals surface area (Å²) in [6.45, 7) is 1.86. The van der Waals surface area contributed by atoms with Crippen LogP contribution in [0.5, 0.6) is 0 Å². The van der Waals surface area contributed by atoms with Crippen LogP contribution in [-0.2, 0) is 0 Å². The number of hydrogen-bond donors (Lipinski definition) is 2. The molecule has 8 nitrogen and oxygen atoms in total. The Kier molecular flexibility index (Phi) is 4.06. The van der Waals surface area contributed by atoms with E-state index in [0.717, 1.165) is 11.3 Å². The van der Waals surface area contributed by atoms with Crippen LogP contribution in [0.2, 0.25) is 0 Å². The van der Waals surface area contributed by atoms with Crippen molar-refractivity contribution in [1.29, 1.82) is 0 Å². The number of anilines is 1. The van der Waals surface area contributed by atoms with E-state index in [1.807, 2.05) is 66.1 Å². The molecule has 8 heteroatoms. The molecule has 0 aliphatic carbocycles. The standard InChI is InChI=1S/C18H17N7O/c1-13(17-23-22-16-9-5-6-10-24(16)17)20-18(26)21-14-11-19-25(12-14)15-7-3-2-4-8-15/h2-13H,1H3,(H2,20,21,26)/t13-/m1/s1. The molecule has 3 heterocycles. The molecule has 2 N–H and O–H groups in total. The number of urea groups is 1. The van der Waals surface area contributed by atoms with Gasteiger partial charge in [-0.3, -0.25) is 4.40 Å². The Hall–Kier alpha value is -3.68. The molecule has 4 rings (SSSR count). The third kappa shape index (κ3) is 3.12. The van der Waals surface area contributed by atoms with Gasteiger partial charge < -0.3 is 10.6 Å². The van der Waals surface area contributed by atoms with Crippen LogP contribution in [0.3, 0.4) is 0 Å². The maximum Gasteiger partial charge on any atom is 0.319 e. The third-order valence-corrected chi connectivity index (χ3v) is 3.94. The van der Waals surface area contributed by atoms with E-state index in [1.54, 1.807) is 17.1 Å². The highest BCUT2D eigenvalue weighted by Gasteiger charge is 2.16. The number of para-hydroxylation sites is 1. The Labute approximate surface area is 149 Å². The summed E-state index contributed by atoms with van der Waals surface area (Å²) in [6.07, 6.45) is 5.22. The topological polar surface area (TPSA) is 89.1 Å². The molecule has 4 aromatic rings. The van der Waals surface area contributed by atoms with Crippen molar-refractivity contribution in [3.8, 4) is 5.69 Å². The predicted molar refractivity (Wildman–Crippen MR) is 97.1 cm³/mol. The summed E-state index contributed by atoms with van der Waals surface area (Å²) in [7, 11) is 0. The molecule has 26 heavy (non-hydrogen) atoms. The normalized spacial score (nSPS) is 12.0. The number of carbonyl (C=O) groups excluding carboxylic acids is 1. The minimum absolute atomic E-state index is 0.309. The number of pyridine rings is 1. The van der Waals surface area contributed by atoms with Crippen LogP contribution in [0.25, 0.3) is 11.3 Å². The lowest BCUT2D eigenvalue weighted by atomic mass is 10.3. The molecule has 0 fully saturated rings. The Morgan fingerprint density at radius 3 is 2.73 bits per heavy atom. The monoisotopic (exact) mass is 347 g/mol. The highest BCUT2D eigenvalue weighted by Crippen LogP contribution is 2.14. The van der Waals surface area contributed by atoms with E-state index in [-0.39, 0.29) is 12.1 Å². The van der Waals surface area contributed by atoms with Crippen molar-refractivity contribution in [2.75, 3.05) is 5.32 Å². The van der Waals surface area contributed by atoms with Crippen LogP contribution in [-0.4, -0.2) is 30.4 Å². The molecule has 0 aliphatic rings. The van der Waals surface area contributed by atoms with Gasteiger partial charge in [0.05, 0.1) is 29.8 Å². The first-order valence-corrected chi connectivity index (χ1v) is 8.18. The largest absolute Gasteiger partial charge is 0.328 e. The molecule has 0 radical (unpaired) electrons. The molecule has 0 unspecified atom stereocenters. The first-order valence-electron chi connectivity index (χ1n) is 8.18. The van der Waals surface area contributed by atoms with E-state index < -0.39 is 0 Å². The minimum atomic E-state index is -0.335. The zero-order chi connectivity index (χ0) is 17.9. The van der Waals surface area contributed by atoms with E-state index in [2.05, 4.69) is 25.9 Å². The Morgan fingerprint density at radius 1 is 1.08 bits per heavy atom. The fourth-order valence-electron chi connectivity index (χ4n) is 2.69. The van der Waals surface area contributed by atoms with E-state index >= 15 is 0 Å². The summed E-state index contributed by atoms with van der Waals surface area (Å²) in [5.41, 5.74) is 2.26. The maximum absolute atomic E-state index is 12.3. The molecule has 1 atom stereocenters. The summed E-state index contributed by atoms with van der Waals surface area (Å²) >= 11 is 0. The molecule has 0 saturated carbocycles. The number of aromatic nitrogens is 5. The molecular formula is C18H17N7O. The number of nitrogens with one attached hydrogen (secondary N) is 2. The molecule has 130 valence electrons. The van der Waals surface area contributed by atoms with Gasteiger partial charge in [0.2, 0.25) is 0 Å². The van der Waals surface area contributed by atoms with E-state index in [4.69, 9.17) is 0 Å². The summed E-state index contributed by atoms with van der Waals surface area (Å²) in [6, 6.07) is 14.7. The second-order valence-corrected chi connectivity index (χ2v) is 5.82. The van der Waals surface area contributed by atoms with Crippen LogP contribution in [0, 0.1) is 0 Å². The first-order chi connectivity index (χ1) is 12.7. The molecule has 2 amide bonds. The van der Waals surface area contributed by atoms with E-state index in [9.17, 15) is 4.79 Å². The van der Waals surface area contributed by atoms with Gasteiger partial charge in [0.15, 0.2) is 11.5 Å². The molecule has 1 aromatic carbocycles. The summed E-state index contributed by atoms with van der Waals surface area (Å²) in [5, 5.41) is 18.1. The van der Waals surface area contributed by atoms with E-state index in [1.165, 1.54) is 0 Å². The van der Waals surface area contributed by atoms with Gasteiger partial charge in [0.25, 0.3) is 0 Å². The second kappa shape index (κ2) is 6.67. The average molecular weight is 347 g/mol. The highest BCUT2D eigenvalue weighted by atomic mass is 16.2. The Balaban J connectivity index is 1.43. The van der Waals surface area contributed by atoms with E-state index in [0.29, 0.717) is 11.5 Å². The smallest absolute Gasteiger partial charge is 0.319 e. The van der Waals surface area contributed by atoms with Crippen molar-refractivity contribution in [3.05, 3.63) is 72.9 Å². The number of amides is 2. The van der Waals surface area contributed by atoms with Crippen molar-refractivity contribution in [2.24, 2.45) is 0 Å². The number of nitrogens with zero attached hydrogens (tertiary/aromatic N) is 5. The van der Waals surface area contributed by atoms with Crippen LogP contribution in [0.4, 0.5) is 10.5 Å². The van der Waals surface area contributed by atoms with Gasteiger partial charge in [0.1, 0.15) is 0 Å². The van der Waals surface area contributed by atoms with Crippen molar-refractivity contribution < 1.29 is 4.79 Å². The summed E-state index contributed by atoms with van der Waals surface area (Å²) in [5.74, 6) is 0.663. The molecular weight excluding hydrogens is 330 g/mol. The van der Waals surface area contributed by atoms with Crippen LogP contribution in [0.15, 0.2) is 67.1 Å². The lowest BCUT2D eigenvalue weighted by molar-refractivity contribution is 0.249. The number of hydrogen-bond acceptors (Lipinski definition) is 4. The van der Waals surface area contributed by atoms with Crippen molar-refractivity contribution in [3.63, 3.8) is 0 Å². The van der Waals surface area contributed by atoms with Crippen molar-refractivity contribution in [1.82, 2.24) is 29.7 Å². The van der Waals surface area contributed by atoms with Gasteiger partial charge >= 0.3 is 6.03 Å². The molecule has 0 spiro atoms. The van der Waals surface area contributed by atoms with Crippen LogP contribution in [0.1, 0.15) is 18.8 Å². The van der Waals surface area contributed by atoms with Gasteiger partial charge in [-0.1, -0.05) is 24.3 Å². The lowest BCUT2D eigenvalue weighted by Gasteiger charge is -2.12. The van der Waals surface area contributed by atoms with Gasteiger partial charge in [-0.05, 0) is 31.2 Å². The number of fused-ring (bicyclic) bond motifs is 1. The van der Waals surface area contributed by atoms with Gasteiger partial charge in [-0.15, -0.1) is 10.2 Å². The molecule has 0 aliphatic heterocycles.